The van der Waals surface area contributed by atoms with Gasteiger partial charge in [-0.3, -0.25) is 9.59 Å². The quantitative estimate of drug-likeness (QED) is 0.670. The molecule has 2 N–H and O–H groups in total. The van der Waals surface area contributed by atoms with Gasteiger partial charge in [0.25, 0.3) is 5.91 Å². The number of amides is 2. The van der Waals surface area contributed by atoms with Crippen LogP contribution in [0, 0.1) is 0 Å². The predicted octanol–water partition coefficient (Wildman–Crippen LogP) is 2.36. The summed E-state index contributed by atoms with van der Waals surface area (Å²) in [4.78, 5) is 27.7. The molecule has 2 fully saturated rings. The van der Waals surface area contributed by atoms with Gasteiger partial charge in [-0.25, -0.2) is 0 Å². The zero-order valence-corrected chi connectivity index (χ0v) is 19.1. The number of para-hydroxylation sites is 2. The van der Waals surface area contributed by atoms with Gasteiger partial charge in [0.05, 0.1) is 32.0 Å². The zero-order chi connectivity index (χ0) is 22.6. The first kappa shape index (κ1) is 22.9. The van der Waals surface area contributed by atoms with Gasteiger partial charge in [-0.2, -0.15) is 0 Å². The number of carbonyl (C=O) groups excluding carboxylic acids is 2. The summed E-state index contributed by atoms with van der Waals surface area (Å²) in [6, 6.07) is 7.81. The maximum absolute atomic E-state index is 12.9. The highest BCUT2D eigenvalue weighted by Gasteiger charge is 2.40. The third-order valence-electron chi connectivity index (χ3n) is 6.75. The number of carbonyl (C=O) groups is 2. The van der Waals surface area contributed by atoms with Crippen molar-refractivity contribution in [2.24, 2.45) is 0 Å². The standard InChI is InChI=1S/C24H35N3O5/c1-3-17(4-2)26-23(29)21-15-27(19-7-5-6-8-20(19)32-21)16-22(28)25-18-9-11-24(12-10-18)30-13-14-31-24/h5-8,17-18,21H,3-4,9-16H2,1-2H3,(H,25,28)(H,26,29). The summed E-state index contributed by atoms with van der Waals surface area (Å²) in [5.41, 5.74) is 0.838. The molecule has 0 bridgehead atoms. The fraction of sp³-hybridized carbons (Fsp3) is 0.667. The van der Waals surface area contributed by atoms with Gasteiger partial charge in [-0.1, -0.05) is 26.0 Å². The lowest BCUT2D eigenvalue weighted by Gasteiger charge is -2.37. The minimum atomic E-state index is -0.649. The minimum absolute atomic E-state index is 0.0462. The number of ether oxygens (including phenoxy) is 3. The Kier molecular flexibility index (Phi) is 7.20. The number of nitrogens with one attached hydrogen (secondary N) is 2. The van der Waals surface area contributed by atoms with Gasteiger partial charge >= 0.3 is 0 Å². The van der Waals surface area contributed by atoms with E-state index in [0.29, 0.717) is 25.5 Å². The number of fused-ring (bicyclic) bond motifs is 1. The van der Waals surface area contributed by atoms with Crippen LogP contribution in [0.3, 0.4) is 0 Å². The second-order valence-corrected chi connectivity index (χ2v) is 8.93. The van der Waals surface area contributed by atoms with Gasteiger partial charge in [-0.15, -0.1) is 0 Å². The van der Waals surface area contributed by atoms with E-state index in [4.69, 9.17) is 14.2 Å². The molecular formula is C24H35N3O5. The average molecular weight is 446 g/mol. The number of benzene rings is 1. The van der Waals surface area contributed by atoms with E-state index in [1.54, 1.807) is 0 Å². The van der Waals surface area contributed by atoms with Crippen molar-refractivity contribution in [2.75, 3.05) is 31.2 Å². The van der Waals surface area contributed by atoms with Gasteiger partial charge < -0.3 is 29.7 Å². The molecule has 1 aliphatic carbocycles. The normalized spacial score (nSPS) is 22.5. The number of anilines is 1. The van der Waals surface area contributed by atoms with Crippen LogP contribution in [0.4, 0.5) is 5.69 Å². The van der Waals surface area contributed by atoms with Crippen molar-refractivity contribution in [2.45, 2.75) is 76.3 Å². The van der Waals surface area contributed by atoms with Gasteiger partial charge in [0, 0.05) is 24.9 Å². The van der Waals surface area contributed by atoms with Crippen LogP contribution >= 0.6 is 0 Å². The molecule has 1 saturated heterocycles. The van der Waals surface area contributed by atoms with Crippen LogP contribution in [-0.2, 0) is 19.1 Å². The lowest BCUT2D eigenvalue weighted by atomic mass is 9.90. The minimum Gasteiger partial charge on any atom is -0.477 e. The lowest BCUT2D eigenvalue weighted by molar-refractivity contribution is -0.180. The van der Waals surface area contributed by atoms with E-state index in [-0.39, 0.29) is 30.4 Å². The Morgan fingerprint density at radius 3 is 2.50 bits per heavy atom. The van der Waals surface area contributed by atoms with E-state index < -0.39 is 11.9 Å². The zero-order valence-electron chi connectivity index (χ0n) is 19.1. The second kappa shape index (κ2) is 10.1. The highest BCUT2D eigenvalue weighted by atomic mass is 16.7. The predicted molar refractivity (Wildman–Crippen MR) is 121 cm³/mol. The van der Waals surface area contributed by atoms with Crippen LogP contribution in [0.5, 0.6) is 5.75 Å². The topological polar surface area (TPSA) is 89.1 Å². The molecule has 2 aliphatic heterocycles. The highest BCUT2D eigenvalue weighted by molar-refractivity contribution is 5.86. The molecule has 4 rings (SSSR count). The van der Waals surface area contributed by atoms with Crippen LogP contribution in [-0.4, -0.2) is 62.1 Å². The first-order chi connectivity index (χ1) is 15.5. The molecule has 0 aromatic heterocycles. The molecule has 2 amide bonds. The van der Waals surface area contributed by atoms with Crippen molar-refractivity contribution >= 4 is 17.5 Å². The summed E-state index contributed by atoms with van der Waals surface area (Å²) >= 11 is 0. The molecule has 1 saturated carbocycles. The fourth-order valence-electron chi connectivity index (χ4n) is 4.81. The summed E-state index contributed by atoms with van der Waals surface area (Å²) in [5.74, 6) is 0.0222. The highest BCUT2D eigenvalue weighted by Crippen LogP contribution is 2.36. The van der Waals surface area contributed by atoms with E-state index in [1.165, 1.54) is 0 Å². The molecule has 3 aliphatic rings. The summed E-state index contributed by atoms with van der Waals surface area (Å²) in [7, 11) is 0. The van der Waals surface area contributed by atoms with Crippen LogP contribution in [0.25, 0.3) is 0 Å². The summed E-state index contributed by atoms with van der Waals surface area (Å²) < 4.78 is 17.5. The maximum atomic E-state index is 12.9. The van der Waals surface area contributed by atoms with Gasteiger partial charge in [-0.05, 0) is 37.8 Å². The van der Waals surface area contributed by atoms with Crippen molar-refractivity contribution in [3.8, 4) is 5.75 Å². The molecule has 8 heteroatoms. The van der Waals surface area contributed by atoms with E-state index >= 15 is 0 Å². The van der Waals surface area contributed by atoms with Crippen LogP contribution in [0.15, 0.2) is 24.3 Å². The Labute approximate surface area is 190 Å². The molecule has 1 spiro atoms. The second-order valence-electron chi connectivity index (χ2n) is 8.93. The summed E-state index contributed by atoms with van der Waals surface area (Å²) in [6.45, 7) is 5.94. The summed E-state index contributed by atoms with van der Waals surface area (Å²) in [6.07, 6.45) is 4.38. The van der Waals surface area contributed by atoms with E-state index in [0.717, 1.165) is 44.2 Å². The summed E-state index contributed by atoms with van der Waals surface area (Å²) in [5, 5.41) is 6.23. The Hall–Kier alpha value is -2.32. The van der Waals surface area contributed by atoms with E-state index in [9.17, 15) is 9.59 Å². The van der Waals surface area contributed by atoms with Crippen molar-refractivity contribution in [3.63, 3.8) is 0 Å². The number of hydrogen-bond donors (Lipinski definition) is 2. The molecule has 2 heterocycles. The first-order valence-electron chi connectivity index (χ1n) is 11.9. The van der Waals surface area contributed by atoms with Crippen molar-refractivity contribution in [3.05, 3.63) is 24.3 Å². The molecule has 1 unspecified atom stereocenters. The largest absolute Gasteiger partial charge is 0.477 e. The first-order valence-corrected chi connectivity index (χ1v) is 11.9. The maximum Gasteiger partial charge on any atom is 0.263 e. The van der Waals surface area contributed by atoms with Crippen LogP contribution < -0.4 is 20.3 Å². The molecule has 1 aromatic rings. The number of hydrogen-bond acceptors (Lipinski definition) is 6. The molecule has 8 nitrogen and oxygen atoms in total. The number of rotatable bonds is 7. The van der Waals surface area contributed by atoms with E-state index in [2.05, 4.69) is 24.5 Å². The number of nitrogens with zero attached hydrogens (tertiary/aromatic N) is 1. The lowest BCUT2D eigenvalue weighted by Crippen LogP contribution is -2.53. The monoisotopic (exact) mass is 445 g/mol. The molecule has 0 radical (unpaired) electrons. The van der Waals surface area contributed by atoms with Crippen molar-refractivity contribution < 1.29 is 23.8 Å². The third-order valence-corrected chi connectivity index (χ3v) is 6.75. The van der Waals surface area contributed by atoms with Crippen LogP contribution in [0.1, 0.15) is 52.4 Å². The molecule has 176 valence electrons. The van der Waals surface area contributed by atoms with Gasteiger partial charge in [0.1, 0.15) is 5.75 Å². The molecule has 32 heavy (non-hydrogen) atoms. The van der Waals surface area contributed by atoms with Gasteiger partial charge in [0.2, 0.25) is 5.91 Å². The Bertz CT molecular complexity index is 797. The molecular weight excluding hydrogens is 410 g/mol. The third kappa shape index (κ3) is 5.18. The fourth-order valence-corrected chi connectivity index (χ4v) is 4.81. The Balaban J connectivity index is 1.36. The molecule has 1 aromatic carbocycles. The van der Waals surface area contributed by atoms with Gasteiger partial charge in [0.15, 0.2) is 11.9 Å². The Morgan fingerprint density at radius 1 is 1.12 bits per heavy atom. The molecule has 1 atom stereocenters. The Morgan fingerprint density at radius 2 is 1.81 bits per heavy atom. The SMILES string of the molecule is CCC(CC)NC(=O)C1CN(CC(=O)NC2CCC3(CC2)OCCO3)c2ccccc2O1. The average Bonchev–Trinajstić information content (AvgIpc) is 3.27. The van der Waals surface area contributed by atoms with Crippen molar-refractivity contribution in [1.82, 2.24) is 10.6 Å². The van der Waals surface area contributed by atoms with E-state index in [1.807, 2.05) is 29.2 Å². The van der Waals surface area contributed by atoms with Crippen LogP contribution in [0.2, 0.25) is 0 Å². The van der Waals surface area contributed by atoms with Crippen molar-refractivity contribution in [1.29, 1.82) is 0 Å². The smallest absolute Gasteiger partial charge is 0.263 e.